The van der Waals surface area contributed by atoms with Crippen molar-refractivity contribution in [3.05, 3.63) is 117 Å². The third-order valence-electron chi connectivity index (χ3n) is 11.5. The van der Waals surface area contributed by atoms with Gasteiger partial charge >= 0.3 is 18.2 Å². The van der Waals surface area contributed by atoms with Crippen LogP contribution in [0.5, 0.6) is 11.5 Å². The zero-order chi connectivity index (χ0) is 55.9. The van der Waals surface area contributed by atoms with Gasteiger partial charge in [0, 0.05) is 46.6 Å². The minimum absolute atomic E-state index is 0.0319. The van der Waals surface area contributed by atoms with Gasteiger partial charge in [0.15, 0.2) is 0 Å². The smallest absolute Gasteiger partial charge is 0.490 e. The van der Waals surface area contributed by atoms with Crippen LogP contribution in [-0.2, 0) is 39.8 Å². The molecule has 5 atom stereocenters. The highest BCUT2D eigenvalue weighted by Crippen LogP contribution is 2.41. The van der Waals surface area contributed by atoms with Crippen molar-refractivity contribution < 1.29 is 62.4 Å². The van der Waals surface area contributed by atoms with Crippen molar-refractivity contribution in [1.29, 1.82) is 0 Å². The molecule has 21 nitrogen and oxygen atoms in total. The molecule has 4 bridgehead atoms. The molecule has 5 rings (SSSR count). The highest BCUT2D eigenvalue weighted by Gasteiger charge is 2.37. The van der Waals surface area contributed by atoms with Crippen molar-refractivity contribution >= 4 is 53.4 Å². The Morgan fingerprint density at radius 3 is 2.12 bits per heavy atom. The lowest BCUT2D eigenvalue weighted by Gasteiger charge is -2.32. The van der Waals surface area contributed by atoms with Gasteiger partial charge in [0.2, 0.25) is 17.7 Å². The summed E-state index contributed by atoms with van der Waals surface area (Å²) in [5, 5.41) is 25.5. The van der Waals surface area contributed by atoms with Crippen molar-refractivity contribution in [3.8, 4) is 33.8 Å². The summed E-state index contributed by atoms with van der Waals surface area (Å²) in [5.41, 5.74) is 9.92. The molecule has 1 aliphatic rings. The largest absolute Gasteiger partial charge is 0.514 e. The number of unbranched alkanes of at least 4 members (excludes halogenated alkanes) is 1. The molecule has 0 spiro atoms. The van der Waals surface area contributed by atoms with Crippen LogP contribution in [0.4, 0.5) is 9.59 Å². The maximum atomic E-state index is 15.1. The molecule has 1 heterocycles. The number of carbonyl (C=O) groups is 7. The number of rotatable bonds is 17. The number of likely N-dealkylation sites (N-methyl/N-ethyl adjacent to an activating group) is 1. The van der Waals surface area contributed by atoms with E-state index in [0.717, 1.165) is 23.1 Å². The zero-order valence-corrected chi connectivity index (χ0v) is 44.7. The van der Waals surface area contributed by atoms with Crippen LogP contribution in [0.3, 0.4) is 0 Å². The number of carbonyl (C=O) groups excluding carboxylic acids is 7. The second kappa shape index (κ2) is 26.6. The Hall–Kier alpha value is -7.87. The van der Waals surface area contributed by atoms with E-state index in [1.807, 2.05) is 12.1 Å². The van der Waals surface area contributed by atoms with Crippen molar-refractivity contribution in [2.24, 2.45) is 5.11 Å². The molecule has 0 saturated carbocycles. The topological polar surface area (TPSA) is 286 Å². The second-order valence-electron chi connectivity index (χ2n) is 19.9. The Kier molecular flexibility index (Phi) is 20.6. The van der Waals surface area contributed by atoms with Crippen LogP contribution >= 0.6 is 11.6 Å². The Morgan fingerprint density at radius 1 is 0.855 bits per heavy atom. The summed E-state index contributed by atoms with van der Waals surface area (Å²) in [5.74, 6) is -3.80. The fourth-order valence-corrected chi connectivity index (χ4v) is 8.00. The number of aliphatic hydroxyl groups is 1. The molecule has 76 heavy (non-hydrogen) atoms. The number of azide groups is 1. The number of halogens is 1. The SMILES string of the molecule is COC(=O)[C@@H]1Cc2ccc(OC(=O)OC(C)(C)C)c(c2)-c2cc(ccc2OCC(O)CN=[N+]=[N-])[C@H](N(C)C(=O)[C@H](CCCCNC(=O)OC(C)(C)C)NC(=O)c2ccc(-c3ccc(Cl)cc3)cc2)C(=O)NC(C)C(=O)N1. The fraction of sp³-hybridized carbons (Fsp3) is 0.426. The van der Waals surface area contributed by atoms with Gasteiger partial charge in [-0.2, -0.15) is 0 Å². The number of esters is 1. The van der Waals surface area contributed by atoms with Crippen LogP contribution in [0.15, 0.2) is 90.0 Å². The summed E-state index contributed by atoms with van der Waals surface area (Å²) in [6, 6.07) is 17.4. The van der Waals surface area contributed by atoms with E-state index in [4.69, 9.17) is 40.8 Å². The summed E-state index contributed by atoms with van der Waals surface area (Å²) in [6.07, 6.45) is -2.45. The van der Waals surface area contributed by atoms with E-state index in [-0.39, 0.29) is 59.7 Å². The van der Waals surface area contributed by atoms with Crippen LogP contribution in [0.25, 0.3) is 32.7 Å². The van der Waals surface area contributed by atoms with Gasteiger partial charge in [-0.3, -0.25) is 19.2 Å². The molecule has 0 fully saturated rings. The number of hydrogen-bond donors (Lipinski definition) is 5. The van der Waals surface area contributed by atoms with Crippen molar-refractivity contribution in [2.75, 3.05) is 33.9 Å². The predicted molar refractivity (Wildman–Crippen MR) is 281 cm³/mol. The van der Waals surface area contributed by atoms with Gasteiger partial charge < -0.3 is 55.0 Å². The van der Waals surface area contributed by atoms with Gasteiger partial charge in [-0.15, -0.1) is 0 Å². The molecule has 406 valence electrons. The summed E-state index contributed by atoms with van der Waals surface area (Å²) in [7, 11) is 2.50. The zero-order valence-electron chi connectivity index (χ0n) is 43.9. The average Bonchev–Trinajstić information content (AvgIpc) is 3.35. The van der Waals surface area contributed by atoms with Crippen molar-refractivity contribution in [1.82, 2.24) is 26.2 Å². The fourth-order valence-electron chi connectivity index (χ4n) is 7.87. The lowest BCUT2D eigenvalue weighted by Crippen LogP contribution is -2.55. The molecule has 4 aromatic rings. The van der Waals surface area contributed by atoms with E-state index in [2.05, 4.69) is 31.3 Å². The highest BCUT2D eigenvalue weighted by atomic mass is 35.5. The number of nitrogens with zero attached hydrogens (tertiary/aromatic N) is 4. The summed E-state index contributed by atoms with van der Waals surface area (Å²) < 4.78 is 27.8. The summed E-state index contributed by atoms with van der Waals surface area (Å²) >= 11 is 6.10. The first-order chi connectivity index (χ1) is 35.9. The van der Waals surface area contributed by atoms with E-state index in [9.17, 15) is 33.9 Å². The standard InChI is InChI=1S/C54H65ClN8O13/c1-31-46(65)61-42(50(69)72-9)27-32-13-23-44(74-52(71)76-54(5,6)7)39(26-32)40-28-36(20-24-43(40)73-30-38(64)29-58-62-56)45(48(67)59-31)63(8)49(68)41(12-10-11-25-57-51(70)75-53(2,3)4)60-47(66)35-16-14-33(15-17-35)34-18-21-37(55)22-19-34/h13-24,26,28,31,38,41-42,45,64H,10-12,25,27,29-30H2,1-9H3,(H,57,70)(H,59,67)(H,60,66)(H,61,65)/t31?,38?,41-,42-,45-/m0/s1. The molecule has 0 aromatic heterocycles. The molecular formula is C54H65ClN8O13. The van der Waals surface area contributed by atoms with E-state index < -0.39 is 89.9 Å². The van der Waals surface area contributed by atoms with E-state index >= 15 is 4.79 Å². The molecular weight excluding hydrogens is 1000 g/mol. The van der Waals surface area contributed by atoms with Gasteiger partial charge in [-0.05, 0) is 144 Å². The van der Waals surface area contributed by atoms with Gasteiger partial charge in [-0.25, -0.2) is 14.4 Å². The van der Waals surface area contributed by atoms with Crippen LogP contribution in [0, 0.1) is 0 Å². The molecule has 22 heteroatoms. The third-order valence-corrected chi connectivity index (χ3v) is 11.8. The molecule has 2 unspecified atom stereocenters. The Morgan fingerprint density at radius 2 is 1.49 bits per heavy atom. The number of nitrogens with one attached hydrogen (secondary N) is 4. The monoisotopic (exact) mass is 1070 g/mol. The van der Waals surface area contributed by atoms with Gasteiger partial charge in [-0.1, -0.05) is 53.1 Å². The third kappa shape index (κ3) is 17.4. The van der Waals surface area contributed by atoms with Crippen LogP contribution in [-0.4, -0.2) is 121 Å². The normalized spacial score (nSPS) is 16.4. The highest BCUT2D eigenvalue weighted by molar-refractivity contribution is 6.30. The van der Waals surface area contributed by atoms with Crippen LogP contribution in [0.1, 0.15) is 95.3 Å². The number of ether oxygens (including phenoxy) is 5. The lowest BCUT2D eigenvalue weighted by molar-refractivity contribution is -0.145. The second-order valence-corrected chi connectivity index (χ2v) is 20.4. The molecule has 1 aliphatic heterocycles. The molecule has 0 saturated heterocycles. The number of alkyl carbamates (subject to hydrolysis) is 1. The first-order valence-electron chi connectivity index (χ1n) is 24.4. The minimum atomic E-state index is -1.57. The molecule has 5 amide bonds. The van der Waals surface area contributed by atoms with Crippen molar-refractivity contribution in [2.45, 2.75) is 116 Å². The van der Waals surface area contributed by atoms with Crippen LogP contribution in [0.2, 0.25) is 5.02 Å². The Bertz CT molecular complexity index is 2790. The lowest BCUT2D eigenvalue weighted by atomic mass is 9.93. The quantitative estimate of drug-likeness (QED) is 0.0129. The minimum Gasteiger partial charge on any atom is -0.490 e. The van der Waals surface area contributed by atoms with E-state index in [0.29, 0.717) is 23.4 Å². The molecule has 5 N–H and O–H groups in total. The van der Waals surface area contributed by atoms with E-state index in [1.54, 1.807) is 90.1 Å². The average molecular weight is 1070 g/mol. The number of methoxy groups -OCH3 is 1. The Balaban J connectivity index is 1.63. The summed E-state index contributed by atoms with van der Waals surface area (Å²) in [4.78, 5) is 101. The maximum absolute atomic E-state index is 15.1. The summed E-state index contributed by atoms with van der Waals surface area (Å²) in [6.45, 7) is 11.0. The van der Waals surface area contributed by atoms with Gasteiger partial charge in [0.05, 0.1) is 19.8 Å². The molecule has 4 aromatic carbocycles. The first kappa shape index (κ1) is 59.0. The van der Waals surface area contributed by atoms with Gasteiger partial charge in [0.1, 0.15) is 53.5 Å². The molecule has 0 aliphatic carbocycles. The van der Waals surface area contributed by atoms with Gasteiger partial charge in [0.25, 0.3) is 5.91 Å². The number of amides is 5. The predicted octanol–water partition coefficient (Wildman–Crippen LogP) is 7.75. The first-order valence-corrected chi connectivity index (χ1v) is 24.8. The Labute approximate surface area is 445 Å². The number of fused-ring (bicyclic) bond motifs is 5. The number of benzene rings is 4. The van der Waals surface area contributed by atoms with E-state index in [1.165, 1.54) is 38.2 Å². The van der Waals surface area contributed by atoms with Crippen LogP contribution < -0.4 is 30.7 Å². The maximum Gasteiger partial charge on any atom is 0.514 e. The van der Waals surface area contributed by atoms with Crippen molar-refractivity contribution in [3.63, 3.8) is 0 Å². The number of aliphatic hydroxyl groups excluding tert-OH is 1. The molecule has 0 radical (unpaired) electrons. The number of hydrogen-bond acceptors (Lipinski definition) is 14.